The molecular formula is C15H14N2O2S. The second-order valence-corrected chi connectivity index (χ2v) is 5.15. The maximum atomic E-state index is 5.84. The first kappa shape index (κ1) is 12.9. The molecular weight excluding hydrogens is 272 g/mol. The number of nitrogen functional groups attached to an aromatic ring is 1. The van der Waals surface area contributed by atoms with Crippen LogP contribution in [-0.2, 0) is 6.61 Å². The van der Waals surface area contributed by atoms with Crippen LogP contribution >= 0.6 is 11.8 Å². The van der Waals surface area contributed by atoms with Crippen LogP contribution in [0.25, 0.3) is 11.1 Å². The number of nitrogens with two attached hydrogens (primary N) is 1. The van der Waals surface area contributed by atoms with E-state index in [-0.39, 0.29) is 6.61 Å². The van der Waals surface area contributed by atoms with Gasteiger partial charge in [0.2, 0.25) is 5.89 Å². The van der Waals surface area contributed by atoms with Gasteiger partial charge in [-0.05, 0) is 42.7 Å². The summed E-state index contributed by atoms with van der Waals surface area (Å²) in [5, 5.41) is 0. The Morgan fingerprint density at radius 1 is 1.20 bits per heavy atom. The number of hydrogen-bond acceptors (Lipinski definition) is 5. The molecule has 0 aliphatic rings. The smallest absolute Gasteiger partial charge is 0.233 e. The summed E-state index contributed by atoms with van der Waals surface area (Å²) in [5.74, 6) is 1.31. The highest BCUT2D eigenvalue weighted by Gasteiger charge is 2.08. The molecule has 0 saturated heterocycles. The molecule has 1 heterocycles. The van der Waals surface area contributed by atoms with Crippen molar-refractivity contribution in [1.29, 1.82) is 0 Å². The Balaban J connectivity index is 1.74. The van der Waals surface area contributed by atoms with Crippen molar-refractivity contribution in [2.45, 2.75) is 11.5 Å². The number of nitrogens with zero attached hydrogens (tertiary/aromatic N) is 1. The zero-order valence-electron chi connectivity index (χ0n) is 11.0. The van der Waals surface area contributed by atoms with E-state index in [0.717, 1.165) is 5.75 Å². The van der Waals surface area contributed by atoms with Gasteiger partial charge in [-0.25, -0.2) is 4.98 Å². The van der Waals surface area contributed by atoms with Gasteiger partial charge in [0.15, 0.2) is 12.2 Å². The highest BCUT2D eigenvalue weighted by Crippen LogP contribution is 2.23. The number of benzene rings is 2. The third kappa shape index (κ3) is 2.58. The van der Waals surface area contributed by atoms with Crippen molar-refractivity contribution < 1.29 is 9.15 Å². The van der Waals surface area contributed by atoms with E-state index < -0.39 is 0 Å². The summed E-state index contributed by atoms with van der Waals surface area (Å²) < 4.78 is 11.2. The zero-order chi connectivity index (χ0) is 13.9. The van der Waals surface area contributed by atoms with E-state index in [1.807, 2.05) is 42.7 Å². The van der Waals surface area contributed by atoms with Crippen LogP contribution in [0.3, 0.4) is 0 Å². The van der Waals surface area contributed by atoms with Crippen molar-refractivity contribution in [1.82, 2.24) is 4.98 Å². The predicted molar refractivity (Wildman–Crippen MR) is 81.0 cm³/mol. The molecule has 5 heteroatoms. The Hall–Kier alpha value is -2.14. The summed E-state index contributed by atoms with van der Waals surface area (Å²) in [6, 6.07) is 13.4. The number of oxazole rings is 1. The monoisotopic (exact) mass is 286 g/mol. The second-order valence-electron chi connectivity index (χ2n) is 4.27. The Bertz CT molecular complexity index is 722. The third-order valence-corrected chi connectivity index (χ3v) is 3.66. The number of fused-ring (bicyclic) bond motifs is 1. The maximum Gasteiger partial charge on any atom is 0.233 e. The molecule has 0 aliphatic carbocycles. The van der Waals surface area contributed by atoms with E-state index in [9.17, 15) is 0 Å². The lowest BCUT2D eigenvalue weighted by atomic mass is 10.3. The molecule has 20 heavy (non-hydrogen) atoms. The average molecular weight is 286 g/mol. The molecule has 2 N–H and O–H groups in total. The molecule has 0 saturated carbocycles. The predicted octanol–water partition coefficient (Wildman–Crippen LogP) is 3.71. The Morgan fingerprint density at radius 3 is 2.70 bits per heavy atom. The Morgan fingerprint density at radius 2 is 2.00 bits per heavy atom. The number of aromatic nitrogens is 1. The topological polar surface area (TPSA) is 61.3 Å². The summed E-state index contributed by atoms with van der Waals surface area (Å²) in [6.07, 6.45) is 2.04. The molecule has 1 aromatic heterocycles. The van der Waals surface area contributed by atoms with Crippen molar-refractivity contribution in [3.05, 3.63) is 48.4 Å². The zero-order valence-corrected chi connectivity index (χ0v) is 11.8. The van der Waals surface area contributed by atoms with Crippen molar-refractivity contribution in [3.8, 4) is 5.75 Å². The summed E-state index contributed by atoms with van der Waals surface area (Å²) in [6.45, 7) is 0.284. The molecule has 4 nitrogen and oxygen atoms in total. The molecule has 0 aliphatic heterocycles. The van der Waals surface area contributed by atoms with Gasteiger partial charge in [-0.15, -0.1) is 11.8 Å². The molecule has 0 spiro atoms. The summed E-state index contributed by atoms with van der Waals surface area (Å²) in [7, 11) is 0. The molecule has 0 atom stereocenters. The molecule has 102 valence electrons. The lowest BCUT2D eigenvalue weighted by molar-refractivity contribution is 0.267. The molecule has 2 aromatic carbocycles. The number of thioether (sulfide) groups is 1. The summed E-state index contributed by atoms with van der Waals surface area (Å²) >= 11 is 1.70. The first-order chi connectivity index (χ1) is 9.76. The van der Waals surface area contributed by atoms with E-state index in [1.165, 1.54) is 4.90 Å². The van der Waals surface area contributed by atoms with Crippen LogP contribution in [0.1, 0.15) is 5.89 Å². The van der Waals surface area contributed by atoms with Gasteiger partial charge in [0.05, 0.1) is 5.69 Å². The van der Waals surface area contributed by atoms with Crippen LogP contribution in [0.5, 0.6) is 5.75 Å². The quantitative estimate of drug-likeness (QED) is 0.585. The second kappa shape index (κ2) is 5.46. The Kier molecular flexibility index (Phi) is 3.52. The highest BCUT2D eigenvalue weighted by molar-refractivity contribution is 7.98. The van der Waals surface area contributed by atoms with Crippen molar-refractivity contribution >= 4 is 28.5 Å². The van der Waals surface area contributed by atoms with Gasteiger partial charge >= 0.3 is 0 Å². The number of para-hydroxylation sites is 1. The van der Waals surface area contributed by atoms with E-state index >= 15 is 0 Å². The Labute approximate surface area is 120 Å². The van der Waals surface area contributed by atoms with E-state index in [4.69, 9.17) is 14.9 Å². The number of anilines is 1. The van der Waals surface area contributed by atoms with Crippen LogP contribution < -0.4 is 10.5 Å². The van der Waals surface area contributed by atoms with Gasteiger partial charge in [-0.2, -0.15) is 0 Å². The minimum atomic E-state index is 0.284. The van der Waals surface area contributed by atoms with Gasteiger partial charge < -0.3 is 14.9 Å². The third-order valence-electron chi connectivity index (χ3n) is 2.92. The van der Waals surface area contributed by atoms with Crippen molar-refractivity contribution in [2.75, 3.05) is 12.0 Å². The first-order valence-electron chi connectivity index (χ1n) is 6.17. The van der Waals surface area contributed by atoms with E-state index in [1.54, 1.807) is 17.8 Å². The SMILES string of the molecule is CSc1ccc(OCc2nc3c(N)cccc3o2)cc1. The fraction of sp³-hybridized carbons (Fsp3) is 0.133. The molecule has 0 amide bonds. The highest BCUT2D eigenvalue weighted by atomic mass is 32.2. The number of ether oxygens (including phenoxy) is 1. The molecule has 0 unspecified atom stereocenters. The maximum absolute atomic E-state index is 5.84. The van der Waals surface area contributed by atoms with Gasteiger partial charge in [-0.3, -0.25) is 0 Å². The lowest BCUT2D eigenvalue weighted by Crippen LogP contribution is -1.95. The van der Waals surface area contributed by atoms with E-state index in [0.29, 0.717) is 22.7 Å². The van der Waals surface area contributed by atoms with Gasteiger partial charge in [0, 0.05) is 4.90 Å². The summed E-state index contributed by atoms with van der Waals surface area (Å²) in [5.41, 5.74) is 7.82. The van der Waals surface area contributed by atoms with Crippen LogP contribution in [0.2, 0.25) is 0 Å². The van der Waals surface area contributed by atoms with Crippen molar-refractivity contribution in [3.63, 3.8) is 0 Å². The molecule has 0 radical (unpaired) electrons. The van der Waals surface area contributed by atoms with Crippen LogP contribution in [-0.4, -0.2) is 11.2 Å². The molecule has 3 rings (SSSR count). The standard InChI is InChI=1S/C15H14N2O2S/c1-20-11-7-5-10(6-8-11)18-9-14-17-15-12(16)3-2-4-13(15)19-14/h2-8H,9,16H2,1H3. The minimum absolute atomic E-state index is 0.284. The minimum Gasteiger partial charge on any atom is -0.484 e. The van der Waals surface area contributed by atoms with Crippen LogP contribution in [0.4, 0.5) is 5.69 Å². The van der Waals surface area contributed by atoms with Crippen molar-refractivity contribution in [2.24, 2.45) is 0 Å². The fourth-order valence-electron chi connectivity index (χ4n) is 1.89. The number of rotatable bonds is 4. The first-order valence-corrected chi connectivity index (χ1v) is 7.39. The normalized spacial score (nSPS) is 10.8. The van der Waals surface area contributed by atoms with Crippen LogP contribution in [0, 0.1) is 0 Å². The molecule has 3 aromatic rings. The lowest BCUT2D eigenvalue weighted by Gasteiger charge is -2.03. The fourth-order valence-corrected chi connectivity index (χ4v) is 2.30. The van der Waals surface area contributed by atoms with E-state index in [2.05, 4.69) is 4.98 Å². The van der Waals surface area contributed by atoms with Gasteiger partial charge in [0.25, 0.3) is 0 Å². The van der Waals surface area contributed by atoms with Gasteiger partial charge in [0.1, 0.15) is 11.3 Å². The van der Waals surface area contributed by atoms with Gasteiger partial charge in [-0.1, -0.05) is 6.07 Å². The molecule has 0 fully saturated rings. The van der Waals surface area contributed by atoms with Crippen LogP contribution in [0.15, 0.2) is 51.8 Å². The molecule has 0 bridgehead atoms. The number of hydrogen-bond donors (Lipinski definition) is 1. The largest absolute Gasteiger partial charge is 0.484 e. The average Bonchev–Trinajstić information content (AvgIpc) is 2.90. The summed E-state index contributed by atoms with van der Waals surface area (Å²) in [4.78, 5) is 5.54.